The summed E-state index contributed by atoms with van der Waals surface area (Å²) in [5.74, 6) is 1.90. The van der Waals surface area contributed by atoms with E-state index in [-0.39, 0.29) is 5.75 Å². The number of phenols is 1. The van der Waals surface area contributed by atoms with Crippen molar-refractivity contribution >= 4 is 33.6 Å². The van der Waals surface area contributed by atoms with Gasteiger partial charge >= 0.3 is 0 Å². The van der Waals surface area contributed by atoms with Gasteiger partial charge < -0.3 is 14.6 Å². The third kappa shape index (κ3) is 3.65. The first kappa shape index (κ1) is 19.7. The number of phenolic OH excluding ortho intramolecular Hbond substituents is 1. The van der Waals surface area contributed by atoms with Crippen LogP contribution in [0.25, 0.3) is 20.7 Å². The van der Waals surface area contributed by atoms with Crippen molar-refractivity contribution in [2.75, 3.05) is 19.6 Å². The number of nitrogens with zero attached hydrogens (tertiary/aromatic N) is 3. The number of fused-ring (bicyclic) bond motifs is 1. The number of rotatable bonds is 6. The Morgan fingerprint density at radius 2 is 1.87 bits per heavy atom. The molecule has 152 valence electrons. The Bertz CT molecular complexity index is 1240. The molecule has 0 aliphatic carbocycles. The van der Waals surface area contributed by atoms with Crippen molar-refractivity contribution in [1.82, 2.24) is 9.97 Å². The summed E-state index contributed by atoms with van der Waals surface area (Å²) in [7, 11) is 3.17. The van der Waals surface area contributed by atoms with E-state index in [1.807, 2.05) is 31.2 Å². The van der Waals surface area contributed by atoms with E-state index < -0.39 is 0 Å². The maximum atomic E-state index is 9.90. The molecule has 2 N–H and O–H groups in total. The Morgan fingerprint density at radius 3 is 2.63 bits per heavy atom. The molecule has 2 heterocycles. The van der Waals surface area contributed by atoms with Gasteiger partial charge in [-0.25, -0.2) is 9.97 Å². The number of methoxy groups -OCH3 is 2. The van der Waals surface area contributed by atoms with Crippen LogP contribution in [-0.4, -0.2) is 35.5 Å². The zero-order valence-corrected chi connectivity index (χ0v) is 17.5. The fourth-order valence-electron chi connectivity index (χ4n) is 3.15. The van der Waals surface area contributed by atoms with Crippen LogP contribution in [0.15, 0.2) is 53.9 Å². The molecule has 2 aromatic heterocycles. The minimum atomic E-state index is 0.0567. The second kappa shape index (κ2) is 8.38. The second-order valence-electron chi connectivity index (χ2n) is 6.46. The lowest BCUT2D eigenvalue weighted by molar-refractivity contribution is 0.373. The average molecular weight is 420 g/mol. The number of anilines is 1. The molecule has 0 spiro atoms. The highest BCUT2D eigenvalue weighted by Gasteiger charge is 2.17. The molecule has 0 amide bonds. The number of benzene rings is 2. The number of thiophene rings is 1. The Kier molecular flexibility index (Phi) is 5.49. The molecule has 0 saturated heterocycles. The van der Waals surface area contributed by atoms with E-state index in [2.05, 4.69) is 20.5 Å². The van der Waals surface area contributed by atoms with Gasteiger partial charge in [0.1, 0.15) is 12.1 Å². The Morgan fingerprint density at radius 1 is 1.07 bits per heavy atom. The fraction of sp³-hybridized carbons (Fsp3) is 0.136. The predicted octanol–water partition coefficient (Wildman–Crippen LogP) is 4.84. The highest BCUT2D eigenvalue weighted by molar-refractivity contribution is 7.23. The van der Waals surface area contributed by atoms with Crippen LogP contribution in [0.5, 0.6) is 17.2 Å². The highest BCUT2D eigenvalue weighted by Crippen LogP contribution is 2.42. The SMILES string of the molecule is COc1ccc(C=NNc2ncnc3c(C)c(-c4ccccc4OC)sc23)cc1O. The molecule has 8 heteroatoms. The lowest BCUT2D eigenvalue weighted by Gasteiger charge is -2.06. The molecule has 0 aliphatic heterocycles. The fourth-order valence-corrected chi connectivity index (χ4v) is 4.38. The van der Waals surface area contributed by atoms with Gasteiger partial charge in [0.15, 0.2) is 17.3 Å². The third-order valence-electron chi connectivity index (χ3n) is 4.64. The van der Waals surface area contributed by atoms with Crippen molar-refractivity contribution in [2.45, 2.75) is 6.92 Å². The van der Waals surface area contributed by atoms with Gasteiger partial charge in [-0.1, -0.05) is 12.1 Å². The lowest BCUT2D eigenvalue weighted by Crippen LogP contribution is -1.95. The molecule has 0 aliphatic rings. The normalized spacial score (nSPS) is 11.2. The van der Waals surface area contributed by atoms with Gasteiger partial charge in [0, 0.05) is 10.4 Å². The van der Waals surface area contributed by atoms with Gasteiger partial charge in [-0.2, -0.15) is 5.10 Å². The summed E-state index contributed by atoms with van der Waals surface area (Å²) in [5, 5.41) is 14.2. The van der Waals surface area contributed by atoms with E-state index >= 15 is 0 Å². The monoisotopic (exact) mass is 420 g/mol. The van der Waals surface area contributed by atoms with E-state index in [1.165, 1.54) is 13.4 Å². The van der Waals surface area contributed by atoms with Crippen molar-refractivity contribution in [3.05, 3.63) is 59.9 Å². The van der Waals surface area contributed by atoms with Crippen LogP contribution in [0.2, 0.25) is 0 Å². The van der Waals surface area contributed by atoms with Gasteiger partial charge in [0.05, 0.1) is 30.7 Å². The topological polar surface area (TPSA) is 88.9 Å². The average Bonchev–Trinajstić information content (AvgIpc) is 3.11. The van der Waals surface area contributed by atoms with Crippen LogP contribution in [0.4, 0.5) is 5.82 Å². The summed E-state index contributed by atoms with van der Waals surface area (Å²) in [6.07, 6.45) is 3.12. The van der Waals surface area contributed by atoms with Crippen molar-refractivity contribution in [2.24, 2.45) is 5.10 Å². The standard InChI is InChI=1S/C22H20N4O3S/c1-13-19-21(30-20(13)15-6-4-5-7-17(15)28-2)22(24-12-23-19)26-25-11-14-8-9-18(29-3)16(27)10-14/h4-12,27H,1-3H3,(H,23,24,26). The molecule has 0 unspecified atom stereocenters. The number of aryl methyl sites for hydroxylation is 1. The van der Waals surface area contributed by atoms with Crippen LogP contribution < -0.4 is 14.9 Å². The predicted molar refractivity (Wildman–Crippen MR) is 120 cm³/mol. The van der Waals surface area contributed by atoms with Gasteiger partial charge in [0.25, 0.3) is 0 Å². The Hall–Kier alpha value is -3.65. The molecule has 0 saturated carbocycles. The first-order valence-electron chi connectivity index (χ1n) is 9.16. The number of para-hydroxylation sites is 1. The van der Waals surface area contributed by atoms with Gasteiger partial charge in [-0.05, 0) is 48.4 Å². The highest BCUT2D eigenvalue weighted by atomic mass is 32.1. The maximum absolute atomic E-state index is 9.90. The van der Waals surface area contributed by atoms with E-state index in [0.29, 0.717) is 11.6 Å². The zero-order valence-electron chi connectivity index (χ0n) is 16.7. The summed E-state index contributed by atoms with van der Waals surface area (Å²) in [6.45, 7) is 2.04. The van der Waals surface area contributed by atoms with Crippen LogP contribution in [0.1, 0.15) is 11.1 Å². The van der Waals surface area contributed by atoms with Gasteiger partial charge in [0.2, 0.25) is 0 Å². The van der Waals surface area contributed by atoms with Crippen LogP contribution in [0.3, 0.4) is 0 Å². The number of hydrogen-bond donors (Lipinski definition) is 2. The van der Waals surface area contributed by atoms with Gasteiger partial charge in [-0.15, -0.1) is 11.3 Å². The molecular formula is C22H20N4O3S. The molecule has 4 rings (SSSR count). The van der Waals surface area contributed by atoms with Crippen LogP contribution >= 0.6 is 11.3 Å². The Balaban J connectivity index is 1.66. The van der Waals surface area contributed by atoms with E-state index in [1.54, 1.807) is 42.9 Å². The largest absolute Gasteiger partial charge is 0.504 e. The number of hydrogen-bond acceptors (Lipinski definition) is 8. The number of hydrazone groups is 1. The van der Waals surface area contributed by atoms with E-state index in [9.17, 15) is 5.11 Å². The number of aromatic hydroxyl groups is 1. The number of aromatic nitrogens is 2. The Labute approximate surface area is 177 Å². The summed E-state index contributed by atoms with van der Waals surface area (Å²) >= 11 is 1.59. The first-order valence-corrected chi connectivity index (χ1v) is 9.97. The molecule has 30 heavy (non-hydrogen) atoms. The van der Waals surface area contributed by atoms with Crippen molar-refractivity contribution in [3.63, 3.8) is 0 Å². The van der Waals surface area contributed by atoms with Crippen LogP contribution in [0, 0.1) is 6.92 Å². The smallest absolute Gasteiger partial charge is 0.167 e. The minimum absolute atomic E-state index is 0.0567. The molecule has 0 bridgehead atoms. The summed E-state index contributed by atoms with van der Waals surface area (Å²) < 4.78 is 11.5. The summed E-state index contributed by atoms with van der Waals surface area (Å²) in [5.41, 5.74) is 6.67. The first-order chi connectivity index (χ1) is 14.6. The second-order valence-corrected chi connectivity index (χ2v) is 7.48. The van der Waals surface area contributed by atoms with E-state index in [0.717, 1.165) is 37.5 Å². The van der Waals surface area contributed by atoms with Crippen molar-refractivity contribution < 1.29 is 14.6 Å². The van der Waals surface area contributed by atoms with Crippen molar-refractivity contribution in [3.8, 4) is 27.7 Å². The summed E-state index contributed by atoms with van der Waals surface area (Å²) in [6, 6.07) is 13.0. The summed E-state index contributed by atoms with van der Waals surface area (Å²) in [4.78, 5) is 9.89. The molecule has 0 fully saturated rings. The maximum Gasteiger partial charge on any atom is 0.167 e. The van der Waals surface area contributed by atoms with Crippen LogP contribution in [-0.2, 0) is 0 Å². The number of nitrogens with one attached hydrogen (secondary N) is 1. The zero-order chi connectivity index (χ0) is 21.1. The molecule has 2 aromatic carbocycles. The third-order valence-corrected chi connectivity index (χ3v) is 5.96. The lowest BCUT2D eigenvalue weighted by atomic mass is 10.1. The minimum Gasteiger partial charge on any atom is -0.504 e. The molecule has 7 nitrogen and oxygen atoms in total. The molecule has 0 atom stereocenters. The van der Waals surface area contributed by atoms with Crippen molar-refractivity contribution in [1.29, 1.82) is 0 Å². The van der Waals surface area contributed by atoms with Gasteiger partial charge in [-0.3, -0.25) is 5.43 Å². The number of ether oxygens (including phenoxy) is 2. The molecule has 0 radical (unpaired) electrons. The molecular weight excluding hydrogens is 400 g/mol. The molecule has 4 aromatic rings. The quantitative estimate of drug-likeness (QED) is 0.343. The van der Waals surface area contributed by atoms with E-state index in [4.69, 9.17) is 9.47 Å².